The summed E-state index contributed by atoms with van der Waals surface area (Å²) in [6.45, 7) is 4.27. The molecule has 13 rings (SSSR count). The van der Waals surface area contributed by atoms with Crippen LogP contribution in [0.4, 0.5) is 34.1 Å². The average molecular weight is 927 g/mol. The number of phenolic OH excluding ortho intramolecular Hbond substituents is 1. The molecule has 2 saturated carbocycles. The van der Waals surface area contributed by atoms with Gasteiger partial charge in [-0.3, -0.25) is 0 Å². The van der Waals surface area contributed by atoms with Crippen molar-refractivity contribution in [2.75, 3.05) is 9.80 Å². The number of furan rings is 2. The Balaban J connectivity index is 0.966. The Kier molecular flexibility index (Phi) is 10.9. The van der Waals surface area contributed by atoms with Gasteiger partial charge < -0.3 is 23.7 Å². The van der Waals surface area contributed by atoms with Crippen LogP contribution in [-0.2, 0) is 0 Å². The molecule has 0 bridgehead atoms. The Morgan fingerprint density at radius 2 is 0.972 bits per heavy atom. The molecule has 0 saturated heterocycles. The molecule has 5 nitrogen and oxygen atoms in total. The maximum absolute atomic E-state index is 11.9. The molecular formula is C66H58N2O3. The average Bonchev–Trinajstić information content (AvgIpc) is 3.99. The summed E-state index contributed by atoms with van der Waals surface area (Å²) in [5.41, 5.74) is 16.3. The predicted molar refractivity (Wildman–Crippen MR) is 296 cm³/mol. The normalized spacial score (nSPS) is 14.8. The summed E-state index contributed by atoms with van der Waals surface area (Å²) in [6.07, 6.45) is 12.3. The summed E-state index contributed by atoms with van der Waals surface area (Å²) < 4.78 is 14.2. The summed E-state index contributed by atoms with van der Waals surface area (Å²) in [5.74, 6) is 1.32. The van der Waals surface area contributed by atoms with Crippen molar-refractivity contribution in [1.82, 2.24) is 0 Å². The number of aryl methyl sites for hydroxylation is 2. The topological polar surface area (TPSA) is 53.0 Å². The second-order valence-electron chi connectivity index (χ2n) is 20.4. The van der Waals surface area contributed by atoms with E-state index in [2.05, 4.69) is 200 Å². The molecule has 1 N–H and O–H groups in total. The molecule has 2 aliphatic carbocycles. The van der Waals surface area contributed by atoms with Crippen molar-refractivity contribution in [2.45, 2.75) is 89.9 Å². The van der Waals surface area contributed by atoms with Crippen LogP contribution >= 0.6 is 0 Å². The minimum absolute atomic E-state index is 0.393. The Morgan fingerprint density at radius 3 is 1.69 bits per heavy atom. The van der Waals surface area contributed by atoms with Crippen LogP contribution in [0.3, 0.4) is 0 Å². The van der Waals surface area contributed by atoms with Gasteiger partial charge in [-0.1, -0.05) is 159 Å². The summed E-state index contributed by atoms with van der Waals surface area (Å²) in [5, 5.41) is 18.6. The Hall–Kier alpha value is -7.76. The first-order valence-electron chi connectivity index (χ1n) is 25.9. The van der Waals surface area contributed by atoms with Crippen LogP contribution in [-0.4, -0.2) is 5.11 Å². The first-order valence-corrected chi connectivity index (χ1v) is 25.9. The summed E-state index contributed by atoms with van der Waals surface area (Å²) >= 11 is 0. The third-order valence-corrected chi connectivity index (χ3v) is 15.9. The number of rotatable bonds is 9. The molecule has 2 heterocycles. The fourth-order valence-corrected chi connectivity index (χ4v) is 12.3. The van der Waals surface area contributed by atoms with Crippen molar-refractivity contribution < 1.29 is 13.9 Å². The number of phenols is 1. The zero-order valence-electron chi connectivity index (χ0n) is 40.6. The lowest BCUT2D eigenvalue weighted by Gasteiger charge is -2.28. The van der Waals surface area contributed by atoms with E-state index in [-0.39, 0.29) is 0 Å². The number of anilines is 6. The quantitative estimate of drug-likeness (QED) is 0.156. The summed E-state index contributed by atoms with van der Waals surface area (Å²) in [6, 6.07) is 63.4. The van der Waals surface area contributed by atoms with Gasteiger partial charge in [0, 0.05) is 61.7 Å². The molecule has 0 aliphatic heterocycles. The molecule has 2 fully saturated rings. The maximum Gasteiger partial charge on any atom is 0.159 e. The highest BCUT2D eigenvalue weighted by atomic mass is 16.3. The third kappa shape index (κ3) is 7.61. The standard InChI is InChI=1S/C66H58N2O3/c1-42-29-33-47(34-30-42)67(59-28-14-27-57-56-26-13-25-53(65(56)71-66(57)59)45-17-7-4-8-18-45)50-37-38-58-61(40-50)70-62-41-60(54-21-9-10-22-55(54)63(58)62)68(48-35-31-43(2)32-36-48)49-20-11-19-46(39-49)52-24-12-23-51(64(52)69)44-15-5-3-6-16-44/h9-14,19-41,44-45,69H,3-8,15-18H2,1-2H3. The first-order chi connectivity index (χ1) is 34.9. The van der Waals surface area contributed by atoms with Crippen molar-refractivity contribution in [3.05, 3.63) is 198 Å². The first kappa shape index (κ1) is 43.3. The Morgan fingerprint density at radius 1 is 0.408 bits per heavy atom. The summed E-state index contributed by atoms with van der Waals surface area (Å²) in [7, 11) is 0. The van der Waals surface area contributed by atoms with Crippen molar-refractivity contribution in [3.8, 4) is 16.9 Å². The third-order valence-electron chi connectivity index (χ3n) is 15.9. The molecule has 0 radical (unpaired) electrons. The number of benzene rings is 9. The van der Waals surface area contributed by atoms with Gasteiger partial charge in [-0.2, -0.15) is 0 Å². The molecule has 0 spiro atoms. The monoisotopic (exact) mass is 926 g/mol. The lowest BCUT2D eigenvalue weighted by molar-refractivity contribution is 0.415. The van der Waals surface area contributed by atoms with Crippen molar-refractivity contribution in [2.24, 2.45) is 0 Å². The van der Waals surface area contributed by atoms with Crippen molar-refractivity contribution in [3.63, 3.8) is 0 Å². The number of para-hydroxylation sites is 3. The highest BCUT2D eigenvalue weighted by molar-refractivity contribution is 6.23. The van der Waals surface area contributed by atoms with Gasteiger partial charge in [0.2, 0.25) is 0 Å². The van der Waals surface area contributed by atoms with Gasteiger partial charge in [-0.15, -0.1) is 0 Å². The van der Waals surface area contributed by atoms with Crippen LogP contribution in [0.5, 0.6) is 5.75 Å². The molecule has 9 aromatic carbocycles. The maximum atomic E-state index is 11.9. The van der Waals surface area contributed by atoms with Crippen LogP contribution in [0.25, 0.3) is 65.8 Å². The van der Waals surface area contributed by atoms with E-state index in [0.717, 1.165) is 113 Å². The molecule has 5 heteroatoms. The fraction of sp³-hybridized carbons (Fsp3) is 0.212. The van der Waals surface area contributed by atoms with Crippen LogP contribution in [0.15, 0.2) is 185 Å². The van der Waals surface area contributed by atoms with Crippen LogP contribution in [0, 0.1) is 13.8 Å². The fourth-order valence-electron chi connectivity index (χ4n) is 12.3. The number of fused-ring (bicyclic) bond motifs is 8. The highest BCUT2D eigenvalue weighted by Gasteiger charge is 2.27. The minimum atomic E-state index is 0.393. The van der Waals surface area contributed by atoms with E-state index in [4.69, 9.17) is 8.83 Å². The van der Waals surface area contributed by atoms with Crippen molar-refractivity contribution >= 4 is 88.8 Å². The van der Waals surface area contributed by atoms with Gasteiger partial charge in [0.1, 0.15) is 22.5 Å². The van der Waals surface area contributed by atoms with E-state index in [1.54, 1.807) is 0 Å². The van der Waals surface area contributed by atoms with Gasteiger partial charge in [0.15, 0.2) is 5.58 Å². The Labute approximate surface area is 415 Å². The highest BCUT2D eigenvalue weighted by Crippen LogP contribution is 2.50. The van der Waals surface area contributed by atoms with Crippen LogP contribution in [0.1, 0.15) is 98.3 Å². The SMILES string of the molecule is Cc1ccc(N(c2cccc(-c3cccc(C4CCCCC4)c3O)c2)c2cc3oc4cc(N(c5ccc(C)cc5)c5cccc6c5oc5c(C7CCCCC7)cccc56)ccc4c3c3ccccc23)cc1. The molecule has 0 amide bonds. The van der Waals surface area contributed by atoms with Gasteiger partial charge >= 0.3 is 0 Å². The summed E-state index contributed by atoms with van der Waals surface area (Å²) in [4.78, 5) is 4.67. The molecule has 11 aromatic rings. The second-order valence-corrected chi connectivity index (χ2v) is 20.4. The van der Waals surface area contributed by atoms with E-state index in [1.807, 2.05) is 0 Å². The number of hydrogen-bond donors (Lipinski definition) is 1. The van der Waals surface area contributed by atoms with E-state index in [9.17, 15) is 5.11 Å². The molecule has 2 aliphatic rings. The van der Waals surface area contributed by atoms with Crippen LogP contribution in [0.2, 0.25) is 0 Å². The predicted octanol–water partition coefficient (Wildman–Crippen LogP) is 19.7. The van der Waals surface area contributed by atoms with E-state index >= 15 is 0 Å². The molecule has 0 unspecified atom stereocenters. The van der Waals surface area contributed by atoms with Gasteiger partial charge in [-0.25, -0.2) is 0 Å². The van der Waals surface area contributed by atoms with Gasteiger partial charge in [0.25, 0.3) is 0 Å². The van der Waals surface area contributed by atoms with Gasteiger partial charge in [0.05, 0.1) is 17.1 Å². The zero-order chi connectivity index (χ0) is 47.6. The molecule has 2 aromatic heterocycles. The minimum Gasteiger partial charge on any atom is -0.507 e. The molecule has 350 valence electrons. The molecule has 0 atom stereocenters. The lowest BCUT2D eigenvalue weighted by Crippen LogP contribution is -2.11. The van der Waals surface area contributed by atoms with E-state index in [1.165, 1.54) is 73.4 Å². The van der Waals surface area contributed by atoms with E-state index in [0.29, 0.717) is 17.6 Å². The van der Waals surface area contributed by atoms with Gasteiger partial charge in [-0.05, 0) is 128 Å². The Bertz CT molecular complexity index is 3770. The van der Waals surface area contributed by atoms with Crippen LogP contribution < -0.4 is 9.80 Å². The smallest absolute Gasteiger partial charge is 0.159 e. The number of aromatic hydroxyl groups is 1. The largest absolute Gasteiger partial charge is 0.507 e. The zero-order valence-corrected chi connectivity index (χ0v) is 40.6. The second kappa shape index (κ2) is 17.9. The molecule has 71 heavy (non-hydrogen) atoms. The number of hydrogen-bond acceptors (Lipinski definition) is 5. The van der Waals surface area contributed by atoms with E-state index < -0.39 is 0 Å². The van der Waals surface area contributed by atoms with Crippen molar-refractivity contribution in [1.29, 1.82) is 0 Å². The lowest BCUT2D eigenvalue weighted by atomic mass is 9.82. The molecular weight excluding hydrogens is 869 g/mol. The number of nitrogens with zero attached hydrogens (tertiary/aromatic N) is 2.